The third-order valence-corrected chi connectivity index (χ3v) is 4.45. The van der Waals surface area contributed by atoms with E-state index in [1.165, 1.54) is 24.3 Å². The highest BCUT2D eigenvalue weighted by Crippen LogP contribution is 2.52. The van der Waals surface area contributed by atoms with Crippen LogP contribution in [0.5, 0.6) is 0 Å². The highest BCUT2D eigenvalue weighted by molar-refractivity contribution is 5.80. The Hall–Kier alpha value is -2.03. The smallest absolute Gasteiger partial charge is 0.381 e. The van der Waals surface area contributed by atoms with E-state index in [0.29, 0.717) is 31.6 Å². The summed E-state index contributed by atoms with van der Waals surface area (Å²) in [5.74, 6) is -1.07. The Morgan fingerprint density at radius 1 is 1.24 bits per heavy atom. The van der Waals surface area contributed by atoms with E-state index in [2.05, 4.69) is 15.5 Å². The van der Waals surface area contributed by atoms with Crippen LogP contribution in [0.4, 0.5) is 17.6 Å². The fourth-order valence-electron chi connectivity index (χ4n) is 2.81. The first kappa shape index (κ1) is 17.8. The van der Waals surface area contributed by atoms with Gasteiger partial charge in [-0.2, -0.15) is 13.2 Å². The van der Waals surface area contributed by atoms with E-state index in [-0.39, 0.29) is 18.0 Å². The Kier molecular flexibility index (Phi) is 4.77. The van der Waals surface area contributed by atoms with Crippen molar-refractivity contribution in [1.82, 2.24) is 5.32 Å². The number of benzene rings is 1. The summed E-state index contributed by atoms with van der Waals surface area (Å²) in [6.07, 6.45) is -5.19. The molecule has 1 N–H and O–H groups in total. The van der Waals surface area contributed by atoms with Crippen molar-refractivity contribution in [2.45, 2.75) is 37.4 Å². The first-order valence-electron chi connectivity index (χ1n) is 7.93. The van der Waals surface area contributed by atoms with Crippen LogP contribution in [0.1, 0.15) is 24.0 Å². The minimum absolute atomic E-state index is 0.0378. The minimum atomic E-state index is -4.58. The van der Waals surface area contributed by atoms with Crippen LogP contribution in [-0.4, -0.2) is 31.5 Å². The van der Waals surface area contributed by atoms with Gasteiger partial charge in [0.15, 0.2) is 6.17 Å². The molecule has 0 aromatic heterocycles. The molecule has 0 radical (unpaired) electrons. The number of nitrogens with one attached hydrogen (secondary N) is 1. The molecule has 136 valence electrons. The van der Waals surface area contributed by atoms with Crippen molar-refractivity contribution in [3.8, 4) is 0 Å². The summed E-state index contributed by atoms with van der Waals surface area (Å²) in [5.41, 5.74) is -1.98. The molecule has 1 fully saturated rings. The molecule has 9 heteroatoms. The van der Waals surface area contributed by atoms with Gasteiger partial charge < -0.3 is 10.1 Å². The number of nitrogens with zero attached hydrogens (tertiary/aromatic N) is 2. The molecule has 1 atom stereocenters. The van der Waals surface area contributed by atoms with Crippen LogP contribution in [0, 0.1) is 5.92 Å². The van der Waals surface area contributed by atoms with Gasteiger partial charge in [-0.05, 0) is 18.4 Å². The molecule has 0 spiro atoms. The van der Waals surface area contributed by atoms with Crippen LogP contribution in [0.25, 0.3) is 0 Å². The largest absolute Gasteiger partial charge is 0.442 e. The molecule has 2 aliphatic rings. The van der Waals surface area contributed by atoms with Crippen molar-refractivity contribution in [2.24, 2.45) is 16.1 Å². The topological polar surface area (TPSA) is 63.0 Å². The van der Waals surface area contributed by atoms with Gasteiger partial charge >= 0.3 is 11.8 Å². The van der Waals surface area contributed by atoms with Gasteiger partial charge in [-0.25, -0.2) is 4.39 Å². The highest BCUT2D eigenvalue weighted by atomic mass is 19.4. The normalized spacial score (nSPS) is 21.0. The quantitative estimate of drug-likeness (QED) is 0.821. The number of hydrogen-bond donors (Lipinski definition) is 1. The lowest BCUT2D eigenvalue weighted by atomic mass is 9.94. The molecule has 1 unspecified atom stereocenters. The van der Waals surface area contributed by atoms with Gasteiger partial charge in [0.05, 0.1) is 0 Å². The molecule has 25 heavy (non-hydrogen) atoms. The maximum Gasteiger partial charge on any atom is 0.442 e. The Bertz CT molecular complexity index is 648. The molecule has 1 aromatic rings. The Labute approximate surface area is 141 Å². The van der Waals surface area contributed by atoms with Gasteiger partial charge in [-0.3, -0.25) is 4.79 Å². The van der Waals surface area contributed by atoms with Gasteiger partial charge in [-0.1, -0.05) is 24.3 Å². The standard InChI is InChI=1S/C16H17F4N3O2/c17-13(11-5-7-25-8-6-11)14(24)21-9-10-1-3-12(4-2-10)15(22-23-15)16(18,19)20/h1-4,11,13H,5-9H2,(H,21,24). The fourth-order valence-corrected chi connectivity index (χ4v) is 2.81. The zero-order chi connectivity index (χ0) is 18.1. The number of amides is 1. The third-order valence-electron chi connectivity index (χ3n) is 4.45. The van der Waals surface area contributed by atoms with Crippen LogP contribution in [0.15, 0.2) is 34.5 Å². The summed E-state index contributed by atoms with van der Waals surface area (Å²) >= 11 is 0. The number of ether oxygens (including phenoxy) is 1. The van der Waals surface area contributed by atoms with Crippen LogP contribution in [-0.2, 0) is 21.7 Å². The van der Waals surface area contributed by atoms with Crippen molar-refractivity contribution in [3.63, 3.8) is 0 Å². The molecule has 1 saturated heterocycles. The lowest BCUT2D eigenvalue weighted by molar-refractivity contribution is -0.166. The Balaban J connectivity index is 1.54. The van der Waals surface area contributed by atoms with Crippen molar-refractivity contribution >= 4 is 5.91 Å². The number of carbonyl (C=O) groups is 1. The van der Waals surface area contributed by atoms with Gasteiger partial charge in [0.25, 0.3) is 5.91 Å². The van der Waals surface area contributed by atoms with Crippen LogP contribution >= 0.6 is 0 Å². The van der Waals surface area contributed by atoms with Crippen molar-refractivity contribution in [3.05, 3.63) is 35.4 Å². The minimum Gasteiger partial charge on any atom is -0.381 e. The van der Waals surface area contributed by atoms with Gasteiger partial charge in [0, 0.05) is 31.2 Å². The summed E-state index contributed by atoms with van der Waals surface area (Å²) in [4.78, 5) is 11.9. The van der Waals surface area contributed by atoms with Crippen molar-refractivity contribution < 1.29 is 27.1 Å². The molecule has 2 aliphatic heterocycles. The third kappa shape index (κ3) is 3.65. The Morgan fingerprint density at radius 3 is 2.36 bits per heavy atom. The maximum absolute atomic E-state index is 14.1. The monoisotopic (exact) mass is 359 g/mol. The fraction of sp³-hybridized carbons (Fsp3) is 0.562. The molecule has 1 amide bonds. The zero-order valence-electron chi connectivity index (χ0n) is 13.2. The van der Waals surface area contributed by atoms with E-state index in [9.17, 15) is 22.4 Å². The van der Waals surface area contributed by atoms with Crippen molar-refractivity contribution in [2.75, 3.05) is 13.2 Å². The average Bonchev–Trinajstić information content (AvgIpc) is 3.42. The summed E-state index contributed by atoms with van der Waals surface area (Å²) < 4.78 is 58.0. The van der Waals surface area contributed by atoms with Crippen molar-refractivity contribution in [1.29, 1.82) is 0 Å². The van der Waals surface area contributed by atoms with Gasteiger partial charge in [0.1, 0.15) is 0 Å². The second-order valence-corrected chi connectivity index (χ2v) is 6.14. The molecular weight excluding hydrogens is 342 g/mol. The summed E-state index contributed by atoms with van der Waals surface area (Å²) in [5, 5.41) is 8.73. The summed E-state index contributed by atoms with van der Waals surface area (Å²) in [6, 6.07) is 5.41. The molecule has 2 heterocycles. The summed E-state index contributed by atoms with van der Waals surface area (Å²) in [6.45, 7) is 0.920. The second kappa shape index (κ2) is 6.70. The Morgan fingerprint density at radius 2 is 1.84 bits per heavy atom. The van der Waals surface area contributed by atoms with Gasteiger partial charge in [-0.15, -0.1) is 10.2 Å². The predicted molar refractivity (Wildman–Crippen MR) is 79.3 cm³/mol. The molecular formula is C16H17F4N3O2. The van der Waals surface area contributed by atoms with E-state index < -0.39 is 23.9 Å². The molecule has 0 aliphatic carbocycles. The van der Waals surface area contributed by atoms with Gasteiger partial charge in [0.2, 0.25) is 0 Å². The van der Waals surface area contributed by atoms with Crippen LogP contribution in [0.3, 0.4) is 0 Å². The number of carbonyl (C=O) groups excluding carboxylic acids is 1. The molecule has 5 nitrogen and oxygen atoms in total. The van der Waals surface area contributed by atoms with E-state index in [0.717, 1.165) is 0 Å². The SMILES string of the molecule is O=C(NCc1ccc(C2(C(F)(F)F)N=N2)cc1)C(F)C1CCOCC1. The average molecular weight is 359 g/mol. The summed E-state index contributed by atoms with van der Waals surface area (Å²) in [7, 11) is 0. The lowest BCUT2D eigenvalue weighted by Gasteiger charge is -2.24. The van der Waals surface area contributed by atoms with Crippen LogP contribution in [0.2, 0.25) is 0 Å². The first-order chi connectivity index (χ1) is 11.8. The molecule has 0 bridgehead atoms. The van der Waals surface area contributed by atoms with E-state index in [4.69, 9.17) is 4.74 Å². The highest BCUT2D eigenvalue weighted by Gasteiger charge is 2.65. The first-order valence-corrected chi connectivity index (χ1v) is 7.93. The van der Waals surface area contributed by atoms with E-state index in [1.807, 2.05) is 0 Å². The molecule has 1 aromatic carbocycles. The van der Waals surface area contributed by atoms with Crippen LogP contribution < -0.4 is 5.32 Å². The number of hydrogen-bond acceptors (Lipinski definition) is 4. The predicted octanol–water partition coefficient (Wildman–Crippen LogP) is 3.25. The zero-order valence-corrected chi connectivity index (χ0v) is 13.2. The number of halogens is 4. The molecule has 3 rings (SSSR count). The number of alkyl halides is 4. The lowest BCUT2D eigenvalue weighted by Crippen LogP contribution is -2.38. The number of rotatable bonds is 5. The second-order valence-electron chi connectivity index (χ2n) is 6.14. The molecule has 0 saturated carbocycles. The van der Waals surface area contributed by atoms with E-state index in [1.54, 1.807) is 0 Å². The maximum atomic E-state index is 14.1. The van der Waals surface area contributed by atoms with E-state index >= 15 is 0 Å².